The van der Waals surface area contributed by atoms with Gasteiger partial charge >= 0.3 is 0 Å². The van der Waals surface area contributed by atoms with Crippen molar-refractivity contribution < 1.29 is 0 Å². The molecule has 0 aliphatic heterocycles. The summed E-state index contributed by atoms with van der Waals surface area (Å²) in [7, 11) is 0. The van der Waals surface area contributed by atoms with Crippen LogP contribution in [0.4, 0.5) is 5.69 Å². The van der Waals surface area contributed by atoms with Gasteiger partial charge in [-0.3, -0.25) is 4.99 Å². The molecule has 0 aliphatic rings. The van der Waals surface area contributed by atoms with Crippen LogP contribution in [0, 0.1) is 20.8 Å². The van der Waals surface area contributed by atoms with Crippen LogP contribution in [0.15, 0.2) is 53.5 Å². The third kappa shape index (κ3) is 3.40. The van der Waals surface area contributed by atoms with Gasteiger partial charge in [-0.15, -0.1) is 0 Å². The van der Waals surface area contributed by atoms with Gasteiger partial charge in [0.25, 0.3) is 0 Å². The van der Waals surface area contributed by atoms with E-state index in [1.807, 2.05) is 31.3 Å². The summed E-state index contributed by atoms with van der Waals surface area (Å²) in [5.74, 6) is 0. The number of aromatic nitrogens is 1. The van der Waals surface area contributed by atoms with E-state index in [0.29, 0.717) is 0 Å². The monoisotopic (exact) mass is 350 g/mol. The average Bonchev–Trinajstić information content (AvgIpc) is 2.90. The van der Waals surface area contributed by atoms with Crippen LogP contribution in [0.5, 0.6) is 0 Å². The van der Waals surface area contributed by atoms with Gasteiger partial charge in [-0.25, -0.2) is 0 Å². The summed E-state index contributed by atoms with van der Waals surface area (Å²) < 4.78 is 2.31. The zero-order chi connectivity index (χ0) is 18.0. The second-order valence-electron chi connectivity index (χ2n) is 6.29. The maximum absolute atomic E-state index is 6.19. The first-order chi connectivity index (χ1) is 12.0. The van der Waals surface area contributed by atoms with E-state index < -0.39 is 0 Å². The largest absolute Gasteiger partial charge is 0.318 e. The minimum Gasteiger partial charge on any atom is -0.318 e. The molecule has 0 spiro atoms. The minimum atomic E-state index is 0.747. The highest BCUT2D eigenvalue weighted by Crippen LogP contribution is 2.27. The first-order valence-corrected chi connectivity index (χ1v) is 8.97. The van der Waals surface area contributed by atoms with Gasteiger partial charge in [0.05, 0.1) is 5.69 Å². The quantitative estimate of drug-likeness (QED) is 0.486. The lowest BCUT2D eigenvalue weighted by atomic mass is 10.1. The Morgan fingerprint density at radius 1 is 1.04 bits per heavy atom. The van der Waals surface area contributed by atoms with E-state index in [4.69, 9.17) is 11.6 Å². The molecule has 0 fully saturated rings. The summed E-state index contributed by atoms with van der Waals surface area (Å²) in [6.07, 6.45) is 2.95. The van der Waals surface area contributed by atoms with Crippen LogP contribution in [0.1, 0.15) is 35.0 Å². The Hall–Kier alpha value is -2.32. The molecular weight excluding hydrogens is 328 g/mol. The third-order valence-electron chi connectivity index (χ3n) is 4.67. The average molecular weight is 351 g/mol. The van der Waals surface area contributed by atoms with E-state index in [2.05, 4.69) is 60.7 Å². The third-order valence-corrected chi connectivity index (χ3v) is 5.07. The molecule has 0 N–H and O–H groups in total. The van der Waals surface area contributed by atoms with Gasteiger partial charge < -0.3 is 4.57 Å². The molecule has 0 saturated heterocycles. The highest BCUT2D eigenvalue weighted by Gasteiger charge is 2.12. The second kappa shape index (κ2) is 7.28. The SMILES string of the molecule is CCc1ccccc1-n1c(C)cc(C=Nc2cccc(Cl)c2C)c1C. The standard InChI is InChI=1S/C22H23ClN2/c1-5-18-9-6-7-12-22(18)25-15(2)13-19(17(25)4)14-24-21-11-8-10-20(23)16(21)3/h6-14H,5H2,1-4H3. The normalized spacial score (nSPS) is 11.4. The first-order valence-electron chi connectivity index (χ1n) is 8.59. The Kier molecular flexibility index (Phi) is 5.10. The molecule has 3 heteroatoms. The molecule has 0 saturated carbocycles. The zero-order valence-electron chi connectivity index (χ0n) is 15.2. The van der Waals surface area contributed by atoms with Crippen molar-refractivity contribution in [3.63, 3.8) is 0 Å². The van der Waals surface area contributed by atoms with Crippen LogP contribution in [-0.2, 0) is 6.42 Å². The number of rotatable bonds is 4. The lowest BCUT2D eigenvalue weighted by molar-refractivity contribution is 0.937. The fourth-order valence-corrected chi connectivity index (χ4v) is 3.36. The summed E-state index contributed by atoms with van der Waals surface area (Å²) in [5.41, 5.74) is 8.04. The van der Waals surface area contributed by atoms with Crippen LogP contribution in [0.25, 0.3) is 5.69 Å². The number of para-hydroxylation sites is 1. The molecular formula is C22H23ClN2. The molecule has 2 nitrogen and oxygen atoms in total. The van der Waals surface area contributed by atoms with Crippen LogP contribution >= 0.6 is 11.6 Å². The first kappa shape index (κ1) is 17.5. The fraction of sp³-hybridized carbons (Fsp3) is 0.227. The molecule has 0 radical (unpaired) electrons. The minimum absolute atomic E-state index is 0.747. The van der Waals surface area contributed by atoms with E-state index in [0.717, 1.165) is 28.3 Å². The smallest absolute Gasteiger partial charge is 0.0673 e. The van der Waals surface area contributed by atoms with Gasteiger partial charge in [0, 0.05) is 33.9 Å². The van der Waals surface area contributed by atoms with Crippen LogP contribution in [0.3, 0.4) is 0 Å². The molecule has 2 aromatic carbocycles. The molecule has 0 atom stereocenters. The number of hydrogen-bond acceptors (Lipinski definition) is 1. The highest BCUT2D eigenvalue weighted by atomic mass is 35.5. The van der Waals surface area contributed by atoms with Crippen molar-refractivity contribution in [3.8, 4) is 5.69 Å². The van der Waals surface area contributed by atoms with E-state index in [1.54, 1.807) is 0 Å². The number of aliphatic imine (C=N–C) groups is 1. The second-order valence-corrected chi connectivity index (χ2v) is 6.69. The number of hydrogen-bond donors (Lipinski definition) is 0. The molecule has 3 rings (SSSR count). The van der Waals surface area contributed by atoms with Crippen molar-refractivity contribution in [1.29, 1.82) is 0 Å². The molecule has 128 valence electrons. The van der Waals surface area contributed by atoms with Gasteiger partial charge in [0.15, 0.2) is 0 Å². The molecule has 1 aromatic heterocycles. The summed E-state index contributed by atoms with van der Waals surface area (Å²) >= 11 is 6.19. The predicted molar refractivity (Wildman–Crippen MR) is 108 cm³/mol. The number of halogens is 1. The highest BCUT2D eigenvalue weighted by molar-refractivity contribution is 6.31. The maximum atomic E-state index is 6.19. The van der Waals surface area contributed by atoms with E-state index in [9.17, 15) is 0 Å². The molecule has 3 aromatic rings. The van der Waals surface area contributed by atoms with Crippen LogP contribution in [-0.4, -0.2) is 10.8 Å². The van der Waals surface area contributed by atoms with E-state index in [1.165, 1.54) is 22.6 Å². The predicted octanol–water partition coefficient (Wildman–Crippen LogP) is 6.37. The van der Waals surface area contributed by atoms with Crippen molar-refractivity contribution >= 4 is 23.5 Å². The van der Waals surface area contributed by atoms with Crippen molar-refractivity contribution in [2.45, 2.75) is 34.1 Å². The maximum Gasteiger partial charge on any atom is 0.0673 e. The molecule has 1 heterocycles. The Morgan fingerprint density at radius 2 is 1.80 bits per heavy atom. The molecule has 0 amide bonds. The van der Waals surface area contributed by atoms with Crippen molar-refractivity contribution in [1.82, 2.24) is 4.57 Å². The number of nitrogens with zero attached hydrogens (tertiary/aromatic N) is 2. The Balaban J connectivity index is 2.03. The lowest BCUT2D eigenvalue weighted by Gasteiger charge is -2.13. The van der Waals surface area contributed by atoms with Crippen LogP contribution < -0.4 is 0 Å². The van der Waals surface area contributed by atoms with Crippen molar-refractivity contribution in [2.24, 2.45) is 4.99 Å². The van der Waals surface area contributed by atoms with Gasteiger partial charge in [-0.1, -0.05) is 42.8 Å². The van der Waals surface area contributed by atoms with Crippen molar-refractivity contribution in [3.05, 3.63) is 81.6 Å². The van der Waals surface area contributed by atoms with E-state index >= 15 is 0 Å². The van der Waals surface area contributed by atoms with E-state index in [-0.39, 0.29) is 0 Å². The molecule has 0 bridgehead atoms. The van der Waals surface area contributed by atoms with Crippen molar-refractivity contribution in [2.75, 3.05) is 0 Å². The Morgan fingerprint density at radius 3 is 2.56 bits per heavy atom. The summed E-state index contributed by atoms with van der Waals surface area (Å²) in [6, 6.07) is 16.6. The van der Waals surface area contributed by atoms with Gasteiger partial charge in [0.2, 0.25) is 0 Å². The molecule has 25 heavy (non-hydrogen) atoms. The lowest BCUT2D eigenvalue weighted by Crippen LogP contribution is -2.03. The molecule has 0 aliphatic carbocycles. The van der Waals surface area contributed by atoms with Crippen LogP contribution in [0.2, 0.25) is 5.02 Å². The summed E-state index contributed by atoms with van der Waals surface area (Å²) in [5, 5.41) is 0.747. The Bertz CT molecular complexity index is 935. The molecule has 0 unspecified atom stereocenters. The van der Waals surface area contributed by atoms with Gasteiger partial charge in [-0.05, 0) is 62.6 Å². The Labute approximate surface area is 154 Å². The zero-order valence-corrected chi connectivity index (χ0v) is 15.9. The summed E-state index contributed by atoms with van der Waals surface area (Å²) in [6.45, 7) is 8.47. The number of aryl methyl sites for hydroxylation is 2. The van der Waals surface area contributed by atoms with Gasteiger partial charge in [0.1, 0.15) is 0 Å². The number of benzene rings is 2. The topological polar surface area (TPSA) is 17.3 Å². The fourth-order valence-electron chi connectivity index (χ4n) is 3.19. The summed E-state index contributed by atoms with van der Waals surface area (Å²) in [4.78, 5) is 4.67. The van der Waals surface area contributed by atoms with Gasteiger partial charge in [-0.2, -0.15) is 0 Å².